The van der Waals surface area contributed by atoms with E-state index in [2.05, 4.69) is 15.7 Å². The minimum atomic E-state index is -0.253. The molecule has 0 bridgehead atoms. The van der Waals surface area contributed by atoms with Crippen molar-refractivity contribution < 1.29 is 9.59 Å². The number of anilines is 1. The summed E-state index contributed by atoms with van der Waals surface area (Å²) in [5.41, 5.74) is 4.63. The van der Waals surface area contributed by atoms with Crippen LogP contribution in [0, 0.1) is 19.8 Å². The molecule has 156 valence electrons. The number of aromatic nitrogens is 2. The molecular formula is C24H28N4O2. The van der Waals surface area contributed by atoms with E-state index in [-0.39, 0.29) is 11.8 Å². The maximum absolute atomic E-state index is 12.7. The second-order valence-corrected chi connectivity index (χ2v) is 7.89. The summed E-state index contributed by atoms with van der Waals surface area (Å²) in [5, 5.41) is 10.2. The number of para-hydroxylation sites is 1. The average Bonchev–Trinajstić information content (AvgIpc) is 3.03. The Morgan fingerprint density at radius 3 is 2.33 bits per heavy atom. The van der Waals surface area contributed by atoms with Crippen molar-refractivity contribution >= 4 is 17.5 Å². The van der Waals surface area contributed by atoms with Gasteiger partial charge in [-0.15, -0.1) is 0 Å². The third-order valence-electron chi connectivity index (χ3n) is 4.74. The van der Waals surface area contributed by atoms with E-state index in [9.17, 15) is 9.59 Å². The molecule has 30 heavy (non-hydrogen) atoms. The van der Waals surface area contributed by atoms with Crippen molar-refractivity contribution in [2.75, 3.05) is 11.9 Å². The Kier molecular flexibility index (Phi) is 6.67. The molecule has 0 aliphatic carbocycles. The van der Waals surface area contributed by atoms with Crippen molar-refractivity contribution in [3.63, 3.8) is 0 Å². The summed E-state index contributed by atoms with van der Waals surface area (Å²) in [5.74, 6) is -0.0970. The fourth-order valence-electron chi connectivity index (χ4n) is 3.15. The lowest BCUT2D eigenvalue weighted by molar-refractivity contribution is 0.0950. The van der Waals surface area contributed by atoms with Gasteiger partial charge in [0.2, 0.25) is 0 Å². The Hall–Kier alpha value is -3.41. The van der Waals surface area contributed by atoms with Gasteiger partial charge in [0, 0.05) is 17.8 Å². The first-order valence-electron chi connectivity index (χ1n) is 10.1. The molecule has 2 N–H and O–H groups in total. The second-order valence-electron chi connectivity index (χ2n) is 7.89. The minimum absolute atomic E-state index is 0.195. The van der Waals surface area contributed by atoms with Gasteiger partial charge in [-0.2, -0.15) is 5.10 Å². The first kappa shape index (κ1) is 21.3. The Balaban J connectivity index is 1.69. The molecular weight excluding hydrogens is 376 g/mol. The molecule has 6 heteroatoms. The Morgan fingerprint density at radius 1 is 1.00 bits per heavy atom. The summed E-state index contributed by atoms with van der Waals surface area (Å²) < 4.78 is 1.94. The molecule has 2 amide bonds. The van der Waals surface area contributed by atoms with Crippen LogP contribution in [0.5, 0.6) is 0 Å². The van der Waals surface area contributed by atoms with E-state index in [1.807, 2.05) is 50.6 Å². The SMILES string of the molecule is Cc1cc(C)n(Cc2ccc(C(=O)Nc3ccccc3C(=O)NCC(C)C)cc2)n1. The van der Waals surface area contributed by atoms with Gasteiger partial charge in [0.25, 0.3) is 11.8 Å². The molecule has 0 atom stereocenters. The number of amides is 2. The van der Waals surface area contributed by atoms with Crippen molar-refractivity contribution in [3.8, 4) is 0 Å². The van der Waals surface area contributed by atoms with Crippen LogP contribution in [0.1, 0.15) is 51.5 Å². The lowest BCUT2D eigenvalue weighted by Crippen LogP contribution is -2.28. The summed E-state index contributed by atoms with van der Waals surface area (Å²) in [6, 6.07) is 16.5. The molecule has 0 aliphatic rings. The van der Waals surface area contributed by atoms with E-state index in [0.29, 0.717) is 35.8 Å². The van der Waals surface area contributed by atoms with Crippen LogP contribution in [0.3, 0.4) is 0 Å². The molecule has 0 spiro atoms. The molecule has 0 aliphatic heterocycles. The number of rotatable bonds is 7. The highest BCUT2D eigenvalue weighted by atomic mass is 16.2. The molecule has 0 fully saturated rings. The molecule has 0 saturated heterocycles. The van der Waals surface area contributed by atoms with Gasteiger partial charge in [-0.05, 0) is 55.7 Å². The molecule has 6 nitrogen and oxygen atoms in total. The van der Waals surface area contributed by atoms with E-state index >= 15 is 0 Å². The minimum Gasteiger partial charge on any atom is -0.352 e. The number of nitrogens with one attached hydrogen (secondary N) is 2. The molecule has 1 aromatic heterocycles. The highest BCUT2D eigenvalue weighted by molar-refractivity contribution is 6.09. The summed E-state index contributed by atoms with van der Waals surface area (Å²) in [6.07, 6.45) is 0. The van der Waals surface area contributed by atoms with E-state index in [0.717, 1.165) is 17.0 Å². The molecule has 1 heterocycles. The first-order chi connectivity index (χ1) is 14.3. The molecule has 0 unspecified atom stereocenters. The van der Waals surface area contributed by atoms with Gasteiger partial charge >= 0.3 is 0 Å². The normalized spacial score (nSPS) is 10.8. The number of aryl methyl sites for hydroxylation is 2. The third kappa shape index (κ3) is 5.35. The van der Waals surface area contributed by atoms with Crippen molar-refractivity contribution in [1.29, 1.82) is 0 Å². The Bertz CT molecular complexity index is 1040. The number of carbonyl (C=O) groups is 2. The predicted molar refractivity (Wildman–Crippen MR) is 119 cm³/mol. The lowest BCUT2D eigenvalue weighted by Gasteiger charge is -2.13. The average molecular weight is 405 g/mol. The zero-order valence-electron chi connectivity index (χ0n) is 17.9. The first-order valence-corrected chi connectivity index (χ1v) is 10.1. The standard InChI is InChI=1S/C24H28N4O2/c1-16(2)14-25-24(30)21-7-5-6-8-22(21)26-23(29)20-11-9-19(10-12-20)15-28-18(4)13-17(3)27-28/h5-13,16H,14-15H2,1-4H3,(H,25,30)(H,26,29). The van der Waals surface area contributed by atoms with Crippen molar-refractivity contribution in [2.24, 2.45) is 5.92 Å². The van der Waals surface area contributed by atoms with Gasteiger partial charge < -0.3 is 10.6 Å². The van der Waals surface area contributed by atoms with Gasteiger partial charge in [0.15, 0.2) is 0 Å². The van der Waals surface area contributed by atoms with Crippen molar-refractivity contribution in [3.05, 3.63) is 82.7 Å². The van der Waals surface area contributed by atoms with Gasteiger partial charge in [-0.1, -0.05) is 38.1 Å². The zero-order chi connectivity index (χ0) is 21.7. The maximum atomic E-state index is 12.7. The predicted octanol–water partition coefficient (Wildman–Crippen LogP) is 4.19. The number of hydrogen-bond donors (Lipinski definition) is 2. The lowest BCUT2D eigenvalue weighted by atomic mass is 10.1. The summed E-state index contributed by atoms with van der Waals surface area (Å²) in [4.78, 5) is 25.2. The molecule has 2 aromatic carbocycles. The van der Waals surface area contributed by atoms with Crippen LogP contribution in [0.4, 0.5) is 5.69 Å². The van der Waals surface area contributed by atoms with Gasteiger partial charge in [-0.3, -0.25) is 14.3 Å². The summed E-state index contributed by atoms with van der Waals surface area (Å²) >= 11 is 0. The van der Waals surface area contributed by atoms with Gasteiger partial charge in [0.1, 0.15) is 0 Å². The third-order valence-corrected chi connectivity index (χ3v) is 4.74. The number of benzene rings is 2. The van der Waals surface area contributed by atoms with Crippen LogP contribution in [-0.4, -0.2) is 28.1 Å². The van der Waals surface area contributed by atoms with Crippen molar-refractivity contribution in [1.82, 2.24) is 15.1 Å². The molecule has 3 aromatic rings. The van der Waals surface area contributed by atoms with E-state index in [4.69, 9.17) is 0 Å². The second kappa shape index (κ2) is 9.39. The maximum Gasteiger partial charge on any atom is 0.255 e. The highest BCUT2D eigenvalue weighted by Gasteiger charge is 2.14. The van der Waals surface area contributed by atoms with Crippen LogP contribution < -0.4 is 10.6 Å². The van der Waals surface area contributed by atoms with Crippen LogP contribution in [0.25, 0.3) is 0 Å². The fourth-order valence-corrected chi connectivity index (χ4v) is 3.15. The van der Waals surface area contributed by atoms with Crippen molar-refractivity contribution in [2.45, 2.75) is 34.2 Å². The van der Waals surface area contributed by atoms with Crippen LogP contribution in [0.15, 0.2) is 54.6 Å². The highest BCUT2D eigenvalue weighted by Crippen LogP contribution is 2.17. The molecule has 3 rings (SSSR count). The van der Waals surface area contributed by atoms with E-state index in [1.165, 1.54) is 0 Å². The van der Waals surface area contributed by atoms with Crippen LogP contribution >= 0.6 is 0 Å². The van der Waals surface area contributed by atoms with E-state index in [1.54, 1.807) is 36.4 Å². The molecule has 0 radical (unpaired) electrons. The summed E-state index contributed by atoms with van der Waals surface area (Å²) in [7, 11) is 0. The Labute approximate surface area is 177 Å². The van der Waals surface area contributed by atoms with E-state index < -0.39 is 0 Å². The number of carbonyl (C=O) groups excluding carboxylic acids is 2. The number of hydrogen-bond acceptors (Lipinski definition) is 3. The number of nitrogens with zero attached hydrogens (tertiary/aromatic N) is 2. The topological polar surface area (TPSA) is 76.0 Å². The Morgan fingerprint density at radius 2 is 1.70 bits per heavy atom. The fraction of sp³-hybridized carbons (Fsp3) is 0.292. The monoisotopic (exact) mass is 404 g/mol. The van der Waals surface area contributed by atoms with Gasteiger partial charge in [-0.25, -0.2) is 0 Å². The molecule has 0 saturated carbocycles. The largest absolute Gasteiger partial charge is 0.352 e. The zero-order valence-corrected chi connectivity index (χ0v) is 17.9. The van der Waals surface area contributed by atoms with Gasteiger partial charge in [0.05, 0.1) is 23.5 Å². The van der Waals surface area contributed by atoms with Crippen LogP contribution in [0.2, 0.25) is 0 Å². The summed E-state index contributed by atoms with van der Waals surface area (Å²) in [6.45, 7) is 9.30. The smallest absolute Gasteiger partial charge is 0.255 e. The van der Waals surface area contributed by atoms with Crippen LogP contribution in [-0.2, 0) is 6.54 Å². The quantitative estimate of drug-likeness (QED) is 0.620.